The molecular weight excluding hydrogens is 896 g/mol. The standard InChI is InChI=1S/C26H30ClN7O3.C21H22ClN7O/c1-26(2,3)37-25(36)31-16-7-5-6-15(11-16)30-24(35)18-12-28-23-22(18)32-19(13-29-23)21-17-9-8-14(27)10-20(17)34(4)33-21;1-29-17-7-11(22)5-6-14(17)18(28-29)16-10-25-20-19(27-16)15(9-24-20)21(30)26-13-4-2-3-12(23)8-13/h8-10,12-13,15-16H,5-7,11H2,1-4H3,(H,28,29)(H,30,35)(H,31,36);5-7,9-10,12-13H,2-4,8,23H2,1H3,(H,24,25)(H,26,30)/t15-,16-;12-,13-/m11/s1. The summed E-state index contributed by atoms with van der Waals surface area (Å²) < 4.78 is 8.89. The smallest absolute Gasteiger partial charge is 0.407 e. The third-order valence-electron chi connectivity index (χ3n) is 12.1. The van der Waals surface area contributed by atoms with Gasteiger partial charge in [0.1, 0.15) is 39.4 Å². The molecule has 20 heteroatoms. The first-order valence-corrected chi connectivity index (χ1v) is 23.1. The fourth-order valence-corrected chi connectivity index (χ4v) is 9.34. The molecule has 0 unspecified atom stereocenters. The maximum absolute atomic E-state index is 13.3. The first-order valence-electron chi connectivity index (χ1n) is 22.4. The van der Waals surface area contributed by atoms with Crippen LogP contribution in [0.5, 0.6) is 0 Å². The lowest BCUT2D eigenvalue weighted by Gasteiger charge is -2.31. The second-order valence-electron chi connectivity index (χ2n) is 18.4. The highest BCUT2D eigenvalue weighted by Crippen LogP contribution is 2.32. The van der Waals surface area contributed by atoms with Crippen LogP contribution in [0.25, 0.3) is 66.9 Å². The highest BCUT2D eigenvalue weighted by atomic mass is 35.5. The van der Waals surface area contributed by atoms with Crippen LogP contribution in [0.1, 0.15) is 92.9 Å². The molecule has 7 N–H and O–H groups in total. The number of hydrogen-bond donors (Lipinski definition) is 6. The van der Waals surface area contributed by atoms with Gasteiger partial charge in [0, 0.05) is 71.5 Å². The van der Waals surface area contributed by atoms with E-state index in [4.69, 9.17) is 43.6 Å². The summed E-state index contributed by atoms with van der Waals surface area (Å²) in [4.78, 5) is 62.9. The van der Waals surface area contributed by atoms with Gasteiger partial charge in [-0.05, 0) is 109 Å². The van der Waals surface area contributed by atoms with E-state index < -0.39 is 11.7 Å². The van der Waals surface area contributed by atoms with Crippen LogP contribution in [0.15, 0.2) is 61.2 Å². The molecule has 4 atom stereocenters. The average Bonchev–Trinajstić information content (AvgIpc) is 4.06. The zero-order chi connectivity index (χ0) is 47.1. The number of ether oxygens (including phenoxy) is 1. The van der Waals surface area contributed by atoms with Gasteiger partial charge in [-0.1, -0.05) is 23.2 Å². The maximum Gasteiger partial charge on any atom is 0.407 e. The maximum atomic E-state index is 13.3. The summed E-state index contributed by atoms with van der Waals surface area (Å²) in [6, 6.07) is 11.3. The van der Waals surface area contributed by atoms with Gasteiger partial charge in [-0.25, -0.2) is 24.7 Å². The number of H-pyrrole nitrogens is 2. The fraction of sp³-hybridized carbons (Fsp3) is 0.383. The van der Waals surface area contributed by atoms with E-state index >= 15 is 0 Å². The molecule has 2 aliphatic carbocycles. The van der Waals surface area contributed by atoms with E-state index in [0.29, 0.717) is 72.7 Å². The van der Waals surface area contributed by atoms with Gasteiger partial charge in [0.15, 0.2) is 11.3 Å². The number of aryl methyl sites for hydroxylation is 2. The number of nitrogens with two attached hydrogens (primary N) is 1. The normalized spacial score (nSPS) is 18.7. The van der Waals surface area contributed by atoms with Crippen molar-refractivity contribution in [3.05, 3.63) is 82.4 Å². The van der Waals surface area contributed by atoms with Crippen molar-refractivity contribution in [2.45, 2.75) is 102 Å². The molecule has 348 valence electrons. The van der Waals surface area contributed by atoms with Crippen LogP contribution in [0.2, 0.25) is 10.0 Å². The number of aromatic nitrogens is 10. The zero-order valence-electron chi connectivity index (χ0n) is 37.8. The van der Waals surface area contributed by atoms with E-state index in [-0.39, 0.29) is 36.0 Å². The van der Waals surface area contributed by atoms with Crippen LogP contribution >= 0.6 is 23.2 Å². The molecular formula is C47H52Cl2N14O4. The van der Waals surface area contributed by atoms with Crippen molar-refractivity contribution >= 4 is 85.2 Å². The van der Waals surface area contributed by atoms with E-state index in [1.165, 1.54) is 0 Å². The Morgan fingerprint density at radius 2 is 1.16 bits per heavy atom. The zero-order valence-corrected chi connectivity index (χ0v) is 39.3. The number of fused-ring (bicyclic) bond motifs is 4. The molecule has 0 radical (unpaired) electrons. The minimum atomic E-state index is -0.559. The molecule has 3 amide bonds. The van der Waals surface area contributed by atoms with Gasteiger partial charge in [0.2, 0.25) is 0 Å². The van der Waals surface area contributed by atoms with Crippen LogP contribution in [-0.4, -0.2) is 97.1 Å². The van der Waals surface area contributed by atoms with Crippen molar-refractivity contribution in [3.8, 4) is 22.8 Å². The summed E-state index contributed by atoms with van der Waals surface area (Å²) >= 11 is 12.3. The number of halogens is 2. The predicted molar refractivity (Wildman–Crippen MR) is 258 cm³/mol. The molecule has 6 aromatic heterocycles. The third-order valence-corrected chi connectivity index (χ3v) is 12.6. The molecule has 0 bridgehead atoms. The molecule has 0 saturated heterocycles. The number of aromatic amines is 2. The minimum Gasteiger partial charge on any atom is -0.444 e. The van der Waals surface area contributed by atoms with Gasteiger partial charge in [0.25, 0.3) is 11.8 Å². The molecule has 2 fully saturated rings. The molecule has 6 heterocycles. The van der Waals surface area contributed by atoms with Crippen molar-refractivity contribution in [1.29, 1.82) is 0 Å². The lowest BCUT2D eigenvalue weighted by atomic mass is 9.91. The summed E-state index contributed by atoms with van der Waals surface area (Å²) in [5, 5.41) is 21.4. The Morgan fingerprint density at radius 1 is 0.701 bits per heavy atom. The summed E-state index contributed by atoms with van der Waals surface area (Å²) in [7, 11) is 3.70. The number of alkyl carbamates (subject to hydrolysis) is 1. The molecule has 18 nitrogen and oxygen atoms in total. The Bertz CT molecular complexity index is 3170. The summed E-state index contributed by atoms with van der Waals surface area (Å²) in [6.07, 6.45) is 13.1. The van der Waals surface area contributed by atoms with Crippen LogP contribution < -0.4 is 21.7 Å². The van der Waals surface area contributed by atoms with Gasteiger partial charge in [-0.15, -0.1) is 0 Å². The number of amides is 3. The first kappa shape index (κ1) is 45.5. The van der Waals surface area contributed by atoms with Crippen molar-refractivity contribution in [1.82, 2.24) is 65.4 Å². The van der Waals surface area contributed by atoms with E-state index in [2.05, 4.69) is 46.1 Å². The van der Waals surface area contributed by atoms with E-state index in [1.807, 2.05) is 71.3 Å². The summed E-state index contributed by atoms with van der Waals surface area (Å²) in [5.74, 6) is -0.400. The average molecular weight is 948 g/mol. The lowest BCUT2D eigenvalue weighted by molar-refractivity contribution is 0.0488. The van der Waals surface area contributed by atoms with E-state index in [0.717, 1.165) is 66.8 Å². The summed E-state index contributed by atoms with van der Waals surface area (Å²) in [6.45, 7) is 5.49. The van der Waals surface area contributed by atoms with Crippen LogP contribution in [0, 0.1) is 0 Å². The van der Waals surface area contributed by atoms with Crippen molar-refractivity contribution in [3.63, 3.8) is 0 Å². The second-order valence-corrected chi connectivity index (χ2v) is 19.2. The Kier molecular flexibility index (Phi) is 12.6. The number of hydrogen-bond acceptors (Lipinski definition) is 11. The molecule has 2 aromatic carbocycles. The quantitative estimate of drug-likeness (QED) is 0.0897. The molecule has 67 heavy (non-hydrogen) atoms. The van der Waals surface area contributed by atoms with Gasteiger partial charge < -0.3 is 36.4 Å². The van der Waals surface area contributed by atoms with Crippen LogP contribution in [-0.2, 0) is 18.8 Å². The molecule has 10 rings (SSSR count). The van der Waals surface area contributed by atoms with E-state index in [9.17, 15) is 14.4 Å². The summed E-state index contributed by atoms with van der Waals surface area (Å²) in [5.41, 5.74) is 12.8. The number of nitrogens with zero attached hydrogens (tertiary/aromatic N) is 8. The third kappa shape index (κ3) is 9.92. The highest BCUT2D eigenvalue weighted by molar-refractivity contribution is 6.31. The van der Waals surface area contributed by atoms with Crippen LogP contribution in [0.4, 0.5) is 4.79 Å². The predicted octanol–water partition coefficient (Wildman–Crippen LogP) is 7.90. The highest BCUT2D eigenvalue weighted by Gasteiger charge is 2.29. The Labute approximate surface area is 395 Å². The van der Waals surface area contributed by atoms with Gasteiger partial charge in [0.05, 0.1) is 34.6 Å². The number of carbonyl (C=O) groups is 3. The number of nitrogens with one attached hydrogen (secondary N) is 5. The number of benzene rings is 2. The van der Waals surface area contributed by atoms with Gasteiger partial charge >= 0.3 is 6.09 Å². The SMILES string of the molecule is Cn1nc(-c2cnc3[nH]cc(C(=O)N[C@@H]4CCC[C@@H](N)C4)c3n2)c2ccc(Cl)cc21.Cn1nc(-c2cnc3[nH]cc(C(=O)N[C@@H]4CCC[C@@H](NC(=O)OC(C)(C)C)C4)c3n2)c2ccc(Cl)cc21. The Balaban J connectivity index is 0.000000171. The molecule has 2 aliphatic rings. The largest absolute Gasteiger partial charge is 0.444 e. The minimum absolute atomic E-state index is 0.0609. The monoisotopic (exact) mass is 946 g/mol. The Morgan fingerprint density at radius 3 is 1.64 bits per heavy atom. The molecule has 2 saturated carbocycles. The second kappa shape index (κ2) is 18.6. The molecule has 0 spiro atoms. The van der Waals surface area contributed by atoms with Crippen molar-refractivity contribution in [2.75, 3.05) is 0 Å². The molecule has 0 aliphatic heterocycles. The fourth-order valence-electron chi connectivity index (χ4n) is 9.01. The van der Waals surface area contributed by atoms with Gasteiger partial charge in [-0.2, -0.15) is 10.2 Å². The van der Waals surface area contributed by atoms with E-state index in [1.54, 1.807) is 34.2 Å². The molecule has 8 aromatic rings. The first-order chi connectivity index (χ1) is 32.1. The van der Waals surface area contributed by atoms with Gasteiger partial charge in [-0.3, -0.25) is 19.0 Å². The van der Waals surface area contributed by atoms with Crippen LogP contribution in [0.3, 0.4) is 0 Å². The number of carbonyl (C=O) groups excluding carboxylic acids is 3. The Hall–Kier alpha value is -6.63. The topological polar surface area (TPSA) is 241 Å². The van der Waals surface area contributed by atoms with Crippen molar-refractivity contribution in [2.24, 2.45) is 19.8 Å². The van der Waals surface area contributed by atoms with Crippen molar-refractivity contribution < 1.29 is 19.1 Å². The lowest BCUT2D eigenvalue weighted by Crippen LogP contribution is -2.46. The number of rotatable bonds is 7.